The van der Waals surface area contributed by atoms with E-state index in [0.29, 0.717) is 0 Å². The molecule has 0 aliphatic carbocycles. The van der Waals surface area contributed by atoms with Gasteiger partial charge in [0.15, 0.2) is 5.76 Å². The van der Waals surface area contributed by atoms with Crippen molar-refractivity contribution in [2.24, 2.45) is 0 Å². The van der Waals surface area contributed by atoms with Gasteiger partial charge >= 0.3 is 11.8 Å². The first-order valence-electron chi connectivity index (χ1n) is 9.27. The van der Waals surface area contributed by atoms with E-state index in [1.807, 2.05) is 0 Å². The van der Waals surface area contributed by atoms with E-state index in [1.165, 1.54) is 30.6 Å². The van der Waals surface area contributed by atoms with Gasteiger partial charge in [-0.3, -0.25) is 14.4 Å². The van der Waals surface area contributed by atoms with Gasteiger partial charge in [0.2, 0.25) is 15.9 Å². The first-order valence-corrected chi connectivity index (χ1v) is 10.8. The number of sulfonamides is 1. The molecular formula is C17H27N5O6S. The third kappa shape index (κ3) is 5.32. The van der Waals surface area contributed by atoms with E-state index in [-0.39, 0.29) is 48.6 Å². The van der Waals surface area contributed by atoms with E-state index < -0.39 is 33.8 Å². The fourth-order valence-electron chi connectivity index (χ4n) is 3.07. The fraction of sp³-hybridized carbons (Fsp3) is 0.647. The van der Waals surface area contributed by atoms with E-state index in [9.17, 15) is 22.8 Å². The van der Waals surface area contributed by atoms with Gasteiger partial charge in [-0.2, -0.15) is 4.72 Å². The lowest BCUT2D eigenvalue weighted by atomic mass is 10.2. The molecule has 162 valence electrons. The van der Waals surface area contributed by atoms with E-state index >= 15 is 0 Å². The Kier molecular flexibility index (Phi) is 7.01. The summed E-state index contributed by atoms with van der Waals surface area (Å²) in [6.07, 6.45) is 0. The Balaban J connectivity index is 1.95. The number of hydrogen-bond donors (Lipinski definition) is 2. The molecule has 0 radical (unpaired) electrons. The van der Waals surface area contributed by atoms with Crippen LogP contribution in [0.3, 0.4) is 0 Å². The van der Waals surface area contributed by atoms with E-state index in [2.05, 4.69) is 15.2 Å². The SMILES string of the molecule is Cc1noc(C)c1S(=O)(=O)N[C@@H](C)C(=O)N1CCN(C(=O)C(=O)NC(C)C)CC1. The van der Waals surface area contributed by atoms with Gasteiger partial charge < -0.3 is 19.6 Å². The molecule has 0 spiro atoms. The van der Waals surface area contributed by atoms with Gasteiger partial charge in [-0.1, -0.05) is 5.16 Å². The van der Waals surface area contributed by atoms with Crippen molar-refractivity contribution >= 4 is 27.7 Å². The maximum Gasteiger partial charge on any atom is 0.312 e. The molecule has 0 saturated carbocycles. The number of nitrogens with zero attached hydrogens (tertiary/aromatic N) is 3. The molecular weight excluding hydrogens is 402 g/mol. The smallest absolute Gasteiger partial charge is 0.312 e. The third-order valence-electron chi connectivity index (χ3n) is 4.43. The fourth-order valence-corrected chi connectivity index (χ4v) is 4.60. The van der Waals surface area contributed by atoms with Crippen molar-refractivity contribution in [1.82, 2.24) is 25.0 Å². The molecule has 11 nitrogen and oxygen atoms in total. The lowest BCUT2D eigenvalue weighted by molar-refractivity contribution is -0.148. The van der Waals surface area contributed by atoms with Crippen LogP contribution in [0.5, 0.6) is 0 Å². The van der Waals surface area contributed by atoms with Crippen molar-refractivity contribution in [2.45, 2.75) is 51.6 Å². The normalized spacial score (nSPS) is 16.1. The molecule has 1 atom stereocenters. The van der Waals surface area contributed by atoms with E-state index in [0.717, 1.165) is 0 Å². The highest BCUT2D eigenvalue weighted by molar-refractivity contribution is 7.89. The average Bonchev–Trinajstić information content (AvgIpc) is 2.98. The minimum Gasteiger partial charge on any atom is -0.360 e. The van der Waals surface area contributed by atoms with Crippen LogP contribution in [-0.2, 0) is 24.4 Å². The second-order valence-electron chi connectivity index (χ2n) is 7.24. The molecule has 0 unspecified atom stereocenters. The van der Waals surface area contributed by atoms with Gasteiger partial charge in [0, 0.05) is 32.2 Å². The second-order valence-corrected chi connectivity index (χ2v) is 8.89. The number of piperazine rings is 1. The molecule has 29 heavy (non-hydrogen) atoms. The Hall–Kier alpha value is -2.47. The summed E-state index contributed by atoms with van der Waals surface area (Å²) in [4.78, 5) is 39.4. The number of carbonyl (C=O) groups is 3. The number of amides is 3. The van der Waals surface area contributed by atoms with Crippen LogP contribution in [0.2, 0.25) is 0 Å². The molecule has 0 aromatic carbocycles. The minimum absolute atomic E-state index is 0.0799. The van der Waals surface area contributed by atoms with Crippen LogP contribution in [0.1, 0.15) is 32.2 Å². The highest BCUT2D eigenvalue weighted by atomic mass is 32.2. The molecule has 1 aliphatic rings. The Morgan fingerprint density at radius 1 is 1.03 bits per heavy atom. The molecule has 2 heterocycles. The highest BCUT2D eigenvalue weighted by Crippen LogP contribution is 2.19. The lowest BCUT2D eigenvalue weighted by Gasteiger charge is -2.35. The molecule has 1 aliphatic heterocycles. The number of rotatable bonds is 5. The zero-order valence-electron chi connectivity index (χ0n) is 17.2. The minimum atomic E-state index is -3.98. The third-order valence-corrected chi connectivity index (χ3v) is 6.22. The number of hydrogen-bond acceptors (Lipinski definition) is 7. The molecule has 2 rings (SSSR count). The standard InChI is InChI=1S/C17H27N5O6S/c1-10(2)18-15(23)17(25)22-8-6-21(7-9-22)16(24)12(4)20-29(26,27)14-11(3)19-28-13(14)5/h10,12,20H,6-9H2,1-5H3,(H,18,23)/t12-/m0/s1. The summed E-state index contributed by atoms with van der Waals surface area (Å²) in [5, 5.41) is 6.16. The summed E-state index contributed by atoms with van der Waals surface area (Å²) in [5.74, 6) is -1.60. The molecule has 2 N–H and O–H groups in total. The van der Waals surface area contributed by atoms with Gasteiger partial charge in [-0.05, 0) is 34.6 Å². The van der Waals surface area contributed by atoms with Crippen molar-refractivity contribution < 1.29 is 27.3 Å². The summed E-state index contributed by atoms with van der Waals surface area (Å²) in [5.41, 5.74) is 0.210. The number of aryl methyl sites for hydroxylation is 2. The topological polar surface area (TPSA) is 142 Å². The van der Waals surface area contributed by atoms with Gasteiger partial charge in [-0.15, -0.1) is 0 Å². The number of carbonyl (C=O) groups excluding carboxylic acids is 3. The quantitative estimate of drug-likeness (QED) is 0.581. The zero-order chi connectivity index (χ0) is 21.9. The van der Waals surface area contributed by atoms with Crippen molar-refractivity contribution in [3.63, 3.8) is 0 Å². The van der Waals surface area contributed by atoms with E-state index in [4.69, 9.17) is 4.52 Å². The van der Waals surface area contributed by atoms with Gasteiger partial charge in [-0.25, -0.2) is 8.42 Å². The van der Waals surface area contributed by atoms with E-state index in [1.54, 1.807) is 13.8 Å². The van der Waals surface area contributed by atoms with Crippen molar-refractivity contribution in [3.8, 4) is 0 Å². The predicted molar refractivity (Wildman–Crippen MR) is 102 cm³/mol. The van der Waals surface area contributed by atoms with Crippen LogP contribution < -0.4 is 10.0 Å². The molecule has 0 bridgehead atoms. The Morgan fingerprint density at radius 3 is 2.07 bits per heavy atom. The molecule has 1 aromatic rings. The van der Waals surface area contributed by atoms with Gasteiger partial charge in [0.1, 0.15) is 10.6 Å². The second kappa shape index (κ2) is 8.91. The van der Waals surface area contributed by atoms with Crippen LogP contribution in [-0.4, -0.2) is 79.4 Å². The van der Waals surface area contributed by atoms with Crippen LogP contribution in [0.4, 0.5) is 0 Å². The first kappa shape index (κ1) is 22.8. The molecule has 1 aromatic heterocycles. The summed E-state index contributed by atoms with van der Waals surface area (Å²) in [6.45, 7) is 8.74. The summed E-state index contributed by atoms with van der Waals surface area (Å²) < 4.78 is 32.3. The maximum atomic E-state index is 12.6. The first-order chi connectivity index (χ1) is 13.4. The number of nitrogens with one attached hydrogen (secondary N) is 2. The van der Waals surface area contributed by atoms with Crippen molar-refractivity contribution in [3.05, 3.63) is 11.5 Å². The monoisotopic (exact) mass is 429 g/mol. The number of aromatic nitrogens is 1. The Bertz CT molecular complexity index is 867. The highest BCUT2D eigenvalue weighted by Gasteiger charge is 2.33. The van der Waals surface area contributed by atoms with Crippen molar-refractivity contribution in [2.75, 3.05) is 26.2 Å². The van der Waals surface area contributed by atoms with Crippen LogP contribution in [0.15, 0.2) is 9.42 Å². The molecule has 1 fully saturated rings. The summed E-state index contributed by atoms with van der Waals surface area (Å²) in [6, 6.07) is -1.17. The summed E-state index contributed by atoms with van der Waals surface area (Å²) >= 11 is 0. The lowest BCUT2D eigenvalue weighted by Crippen LogP contribution is -2.57. The maximum absolute atomic E-state index is 12.6. The summed E-state index contributed by atoms with van der Waals surface area (Å²) in [7, 11) is -3.98. The largest absolute Gasteiger partial charge is 0.360 e. The van der Waals surface area contributed by atoms with Crippen LogP contribution >= 0.6 is 0 Å². The van der Waals surface area contributed by atoms with Gasteiger partial charge in [0.05, 0.1) is 6.04 Å². The van der Waals surface area contributed by atoms with Gasteiger partial charge in [0.25, 0.3) is 0 Å². The molecule has 12 heteroatoms. The predicted octanol–water partition coefficient (Wildman–Crippen LogP) is -0.846. The Morgan fingerprint density at radius 2 is 1.59 bits per heavy atom. The average molecular weight is 429 g/mol. The zero-order valence-corrected chi connectivity index (χ0v) is 18.0. The van der Waals surface area contributed by atoms with Crippen molar-refractivity contribution in [1.29, 1.82) is 0 Å². The Labute approximate surface area is 169 Å². The van der Waals surface area contributed by atoms with Crippen LogP contribution in [0, 0.1) is 13.8 Å². The molecule has 3 amide bonds. The molecule has 1 saturated heterocycles. The van der Waals surface area contributed by atoms with Crippen LogP contribution in [0.25, 0.3) is 0 Å².